The minimum absolute atomic E-state index is 0.233. The summed E-state index contributed by atoms with van der Waals surface area (Å²) in [6.45, 7) is 1.85. The second-order valence-corrected chi connectivity index (χ2v) is 2.64. The molecule has 4 heteroatoms. The molecule has 68 valence electrons. The first-order valence-electron chi connectivity index (χ1n) is 4.14. The topological polar surface area (TPSA) is 50.1 Å². The van der Waals surface area contributed by atoms with E-state index in [9.17, 15) is 0 Å². The highest BCUT2D eigenvalue weighted by Gasteiger charge is 1.99. The van der Waals surface area contributed by atoms with Gasteiger partial charge in [0.1, 0.15) is 5.82 Å². The van der Waals surface area contributed by atoms with Gasteiger partial charge in [0, 0.05) is 25.5 Å². The van der Waals surface area contributed by atoms with Crippen LogP contribution in [0.15, 0.2) is 12.4 Å². The molecule has 0 saturated carbocycles. The maximum absolute atomic E-state index is 8.64. The molecule has 0 aliphatic carbocycles. The molecule has 2 N–H and O–H groups in total. The van der Waals surface area contributed by atoms with Crippen LogP contribution in [-0.2, 0) is 13.1 Å². The molecule has 12 heavy (non-hydrogen) atoms. The standard InChI is InChI=1S/C8H15N3O/c1-9-7-8-10-3-5-11(8)4-2-6-12/h3,5,9,12H,2,4,6-7H2,1H3. The molecule has 0 atom stereocenters. The van der Waals surface area contributed by atoms with E-state index in [0.29, 0.717) is 0 Å². The molecular weight excluding hydrogens is 154 g/mol. The van der Waals surface area contributed by atoms with Gasteiger partial charge in [-0.1, -0.05) is 0 Å². The summed E-state index contributed by atoms with van der Waals surface area (Å²) in [6, 6.07) is 0. The molecule has 0 radical (unpaired) electrons. The van der Waals surface area contributed by atoms with Crippen molar-refractivity contribution in [1.82, 2.24) is 14.9 Å². The van der Waals surface area contributed by atoms with E-state index in [4.69, 9.17) is 5.11 Å². The van der Waals surface area contributed by atoms with Crippen LogP contribution < -0.4 is 5.32 Å². The predicted molar refractivity (Wildman–Crippen MR) is 46.7 cm³/mol. The van der Waals surface area contributed by atoms with E-state index in [1.807, 2.05) is 17.8 Å². The lowest BCUT2D eigenvalue weighted by Gasteiger charge is -2.05. The van der Waals surface area contributed by atoms with Crippen LogP contribution >= 0.6 is 0 Å². The molecule has 1 aromatic rings. The Labute approximate surface area is 72.2 Å². The first-order valence-corrected chi connectivity index (χ1v) is 4.14. The Morgan fingerprint density at radius 2 is 2.50 bits per heavy atom. The van der Waals surface area contributed by atoms with Crippen LogP contribution in [0.2, 0.25) is 0 Å². The van der Waals surface area contributed by atoms with Gasteiger partial charge >= 0.3 is 0 Å². The number of hydrogen-bond acceptors (Lipinski definition) is 3. The van der Waals surface area contributed by atoms with Crippen molar-refractivity contribution in [3.8, 4) is 0 Å². The number of aryl methyl sites for hydroxylation is 1. The molecule has 0 amide bonds. The fourth-order valence-electron chi connectivity index (χ4n) is 1.11. The Kier molecular flexibility index (Phi) is 3.76. The second-order valence-electron chi connectivity index (χ2n) is 2.64. The molecule has 4 nitrogen and oxygen atoms in total. The van der Waals surface area contributed by atoms with Crippen LogP contribution in [0, 0.1) is 0 Å². The minimum atomic E-state index is 0.233. The van der Waals surface area contributed by atoms with Gasteiger partial charge in [0.2, 0.25) is 0 Å². The Balaban J connectivity index is 2.51. The number of imidazole rings is 1. The predicted octanol–water partition coefficient (Wildman–Crippen LogP) is -0.0151. The lowest BCUT2D eigenvalue weighted by Crippen LogP contribution is -2.12. The summed E-state index contributed by atoms with van der Waals surface area (Å²) < 4.78 is 2.05. The summed E-state index contributed by atoms with van der Waals surface area (Å²) >= 11 is 0. The molecule has 0 unspecified atom stereocenters. The largest absolute Gasteiger partial charge is 0.396 e. The summed E-state index contributed by atoms with van der Waals surface area (Å²) in [6.07, 6.45) is 4.50. The SMILES string of the molecule is CNCc1nccn1CCCO. The Morgan fingerprint density at radius 3 is 3.17 bits per heavy atom. The molecule has 0 aliphatic rings. The third-order valence-corrected chi connectivity index (χ3v) is 1.69. The number of aliphatic hydroxyl groups is 1. The summed E-state index contributed by atoms with van der Waals surface area (Å²) in [5, 5.41) is 11.7. The maximum atomic E-state index is 8.64. The van der Waals surface area contributed by atoms with Gasteiger partial charge in [-0.2, -0.15) is 0 Å². The van der Waals surface area contributed by atoms with Crippen molar-refractivity contribution in [3.05, 3.63) is 18.2 Å². The van der Waals surface area contributed by atoms with Gasteiger partial charge in [-0.05, 0) is 13.5 Å². The van der Waals surface area contributed by atoms with Gasteiger partial charge < -0.3 is 15.0 Å². The highest BCUT2D eigenvalue weighted by atomic mass is 16.3. The van der Waals surface area contributed by atoms with Crippen molar-refractivity contribution >= 4 is 0 Å². The third kappa shape index (κ3) is 2.32. The van der Waals surface area contributed by atoms with Gasteiger partial charge in [-0.15, -0.1) is 0 Å². The fourth-order valence-corrected chi connectivity index (χ4v) is 1.11. The number of nitrogens with zero attached hydrogens (tertiary/aromatic N) is 2. The van der Waals surface area contributed by atoms with Crippen molar-refractivity contribution in [2.75, 3.05) is 13.7 Å². The summed E-state index contributed by atoms with van der Waals surface area (Å²) in [4.78, 5) is 4.18. The van der Waals surface area contributed by atoms with E-state index in [1.165, 1.54) is 0 Å². The van der Waals surface area contributed by atoms with Crippen LogP contribution in [0.3, 0.4) is 0 Å². The molecule has 0 bridgehead atoms. The summed E-state index contributed by atoms with van der Waals surface area (Å²) in [5.74, 6) is 1.02. The van der Waals surface area contributed by atoms with Crippen molar-refractivity contribution in [1.29, 1.82) is 0 Å². The lowest BCUT2D eigenvalue weighted by molar-refractivity contribution is 0.279. The summed E-state index contributed by atoms with van der Waals surface area (Å²) in [7, 11) is 1.89. The van der Waals surface area contributed by atoms with Gasteiger partial charge in [0.25, 0.3) is 0 Å². The third-order valence-electron chi connectivity index (χ3n) is 1.69. The molecule has 1 heterocycles. The highest BCUT2D eigenvalue weighted by Crippen LogP contribution is 1.98. The summed E-state index contributed by atoms with van der Waals surface area (Å²) in [5.41, 5.74) is 0. The number of aromatic nitrogens is 2. The number of aliphatic hydroxyl groups excluding tert-OH is 1. The average Bonchev–Trinajstić information content (AvgIpc) is 2.50. The van der Waals surface area contributed by atoms with Gasteiger partial charge in [-0.25, -0.2) is 4.98 Å². The number of hydrogen-bond donors (Lipinski definition) is 2. The van der Waals surface area contributed by atoms with Crippen molar-refractivity contribution in [2.45, 2.75) is 19.5 Å². The zero-order valence-electron chi connectivity index (χ0n) is 7.32. The maximum Gasteiger partial charge on any atom is 0.122 e. The second kappa shape index (κ2) is 4.90. The average molecular weight is 169 g/mol. The molecule has 1 aromatic heterocycles. The van der Waals surface area contributed by atoms with E-state index in [0.717, 1.165) is 25.3 Å². The van der Waals surface area contributed by atoms with E-state index >= 15 is 0 Å². The highest BCUT2D eigenvalue weighted by molar-refractivity contribution is 4.91. The quantitative estimate of drug-likeness (QED) is 0.651. The zero-order chi connectivity index (χ0) is 8.81. The minimum Gasteiger partial charge on any atom is -0.396 e. The van der Waals surface area contributed by atoms with E-state index < -0.39 is 0 Å². The Hall–Kier alpha value is -0.870. The molecule has 0 saturated heterocycles. The number of rotatable bonds is 5. The smallest absolute Gasteiger partial charge is 0.122 e. The van der Waals surface area contributed by atoms with Gasteiger partial charge in [0.05, 0.1) is 6.54 Å². The van der Waals surface area contributed by atoms with E-state index in [-0.39, 0.29) is 6.61 Å². The van der Waals surface area contributed by atoms with E-state index in [1.54, 1.807) is 6.20 Å². The van der Waals surface area contributed by atoms with Gasteiger partial charge in [0.15, 0.2) is 0 Å². The van der Waals surface area contributed by atoms with Crippen molar-refractivity contribution in [3.63, 3.8) is 0 Å². The lowest BCUT2D eigenvalue weighted by atomic mass is 10.4. The van der Waals surface area contributed by atoms with Crippen LogP contribution in [-0.4, -0.2) is 28.3 Å². The monoisotopic (exact) mass is 169 g/mol. The molecule has 0 aromatic carbocycles. The first kappa shape index (κ1) is 9.22. The van der Waals surface area contributed by atoms with Crippen LogP contribution in [0.5, 0.6) is 0 Å². The molecular formula is C8H15N3O. The molecule has 0 aliphatic heterocycles. The molecule has 0 fully saturated rings. The molecule has 1 rings (SSSR count). The van der Waals surface area contributed by atoms with Crippen molar-refractivity contribution in [2.24, 2.45) is 0 Å². The van der Waals surface area contributed by atoms with E-state index in [2.05, 4.69) is 10.3 Å². The fraction of sp³-hybridized carbons (Fsp3) is 0.625. The zero-order valence-corrected chi connectivity index (χ0v) is 7.32. The molecule has 0 spiro atoms. The normalized spacial score (nSPS) is 10.5. The first-order chi connectivity index (χ1) is 5.88. The van der Waals surface area contributed by atoms with Crippen molar-refractivity contribution < 1.29 is 5.11 Å². The van der Waals surface area contributed by atoms with Crippen LogP contribution in [0.1, 0.15) is 12.2 Å². The number of nitrogens with one attached hydrogen (secondary N) is 1. The van der Waals surface area contributed by atoms with Gasteiger partial charge in [-0.3, -0.25) is 0 Å². The van der Waals surface area contributed by atoms with Crippen LogP contribution in [0.25, 0.3) is 0 Å². The Bertz CT molecular complexity index is 222. The van der Waals surface area contributed by atoms with Crippen LogP contribution in [0.4, 0.5) is 0 Å². The Morgan fingerprint density at radius 1 is 1.67 bits per heavy atom.